The van der Waals surface area contributed by atoms with Crippen LogP contribution in [0.4, 0.5) is 0 Å². The first-order valence-corrected chi connectivity index (χ1v) is 6.25. The summed E-state index contributed by atoms with van der Waals surface area (Å²) in [6.07, 6.45) is 0. The molecule has 0 heterocycles. The van der Waals surface area contributed by atoms with E-state index in [0.717, 1.165) is 11.5 Å². The van der Waals surface area contributed by atoms with Gasteiger partial charge in [0.05, 0.1) is 5.75 Å². The quantitative estimate of drug-likeness (QED) is 0.630. The van der Waals surface area contributed by atoms with Crippen molar-refractivity contribution in [2.45, 2.75) is 19.6 Å². The van der Waals surface area contributed by atoms with Gasteiger partial charge in [-0.3, -0.25) is 4.79 Å². The highest BCUT2D eigenvalue weighted by Gasteiger charge is 2.00. The Balaban J connectivity index is 2.21. The lowest BCUT2D eigenvalue weighted by molar-refractivity contribution is -0.118. The molecule has 0 bridgehead atoms. The van der Waals surface area contributed by atoms with Crippen molar-refractivity contribution in [2.75, 3.05) is 5.75 Å². The average Bonchev–Trinajstić information content (AvgIpc) is 2.28. The maximum absolute atomic E-state index is 11.3. The Morgan fingerprint density at radius 3 is 2.62 bits per heavy atom. The number of carbonyl (C=O) groups excluding carboxylic acids is 1. The Morgan fingerprint density at radius 2 is 2.00 bits per heavy atom. The molecule has 1 N–H and O–H groups in total. The van der Waals surface area contributed by atoms with Crippen LogP contribution in [0.1, 0.15) is 19.4 Å². The molecule has 4 heteroatoms. The van der Waals surface area contributed by atoms with E-state index < -0.39 is 0 Å². The van der Waals surface area contributed by atoms with Crippen LogP contribution < -0.4 is 5.43 Å². The summed E-state index contributed by atoms with van der Waals surface area (Å²) in [6, 6.07) is 10.1. The first-order chi connectivity index (χ1) is 7.68. The summed E-state index contributed by atoms with van der Waals surface area (Å²) >= 11 is 1.58. The third kappa shape index (κ3) is 5.56. The van der Waals surface area contributed by atoms with E-state index in [0.29, 0.717) is 5.75 Å². The molecule has 0 radical (unpaired) electrons. The molecule has 3 nitrogen and oxygen atoms in total. The van der Waals surface area contributed by atoms with Crippen molar-refractivity contribution in [2.24, 2.45) is 5.10 Å². The number of hydrogen-bond donors (Lipinski definition) is 1. The summed E-state index contributed by atoms with van der Waals surface area (Å²) in [7, 11) is 0. The van der Waals surface area contributed by atoms with Gasteiger partial charge < -0.3 is 0 Å². The van der Waals surface area contributed by atoms with Crippen LogP contribution in [0, 0.1) is 0 Å². The zero-order chi connectivity index (χ0) is 11.8. The third-order valence-corrected chi connectivity index (χ3v) is 2.75. The Labute approximate surface area is 100 Å². The lowest BCUT2D eigenvalue weighted by Gasteiger charge is -2.01. The van der Waals surface area contributed by atoms with E-state index in [2.05, 4.69) is 22.7 Å². The van der Waals surface area contributed by atoms with E-state index in [-0.39, 0.29) is 5.91 Å². The fraction of sp³-hybridized carbons (Fsp3) is 0.333. The molecule has 0 aromatic heterocycles. The van der Waals surface area contributed by atoms with Gasteiger partial charge in [-0.1, -0.05) is 30.3 Å². The topological polar surface area (TPSA) is 41.5 Å². The molecular weight excluding hydrogens is 220 g/mol. The minimum atomic E-state index is -0.0536. The van der Waals surface area contributed by atoms with Gasteiger partial charge in [-0.2, -0.15) is 5.10 Å². The molecule has 0 aliphatic carbocycles. The van der Waals surface area contributed by atoms with Crippen molar-refractivity contribution in [3.05, 3.63) is 35.9 Å². The van der Waals surface area contributed by atoms with E-state index in [1.54, 1.807) is 11.8 Å². The molecule has 86 valence electrons. The highest BCUT2D eigenvalue weighted by molar-refractivity contribution is 7.99. The van der Waals surface area contributed by atoms with Crippen molar-refractivity contribution in [1.29, 1.82) is 0 Å². The van der Waals surface area contributed by atoms with Gasteiger partial charge in [0.15, 0.2) is 0 Å². The molecule has 0 unspecified atom stereocenters. The van der Waals surface area contributed by atoms with E-state index in [9.17, 15) is 4.79 Å². The normalized spacial score (nSPS) is 9.62. The zero-order valence-electron chi connectivity index (χ0n) is 9.56. The van der Waals surface area contributed by atoms with Gasteiger partial charge in [0.2, 0.25) is 5.91 Å². The lowest BCUT2D eigenvalue weighted by atomic mass is 10.2. The SMILES string of the molecule is CC(C)=NNC(=O)CSCc1ccccc1. The Hall–Kier alpha value is -1.29. The van der Waals surface area contributed by atoms with Crippen molar-refractivity contribution in [1.82, 2.24) is 5.43 Å². The van der Waals surface area contributed by atoms with Crippen LogP contribution in [0.25, 0.3) is 0 Å². The summed E-state index contributed by atoms with van der Waals surface area (Å²) in [5.41, 5.74) is 4.58. The summed E-state index contributed by atoms with van der Waals surface area (Å²) < 4.78 is 0. The van der Waals surface area contributed by atoms with Crippen LogP contribution in [0.3, 0.4) is 0 Å². The molecule has 1 rings (SSSR count). The van der Waals surface area contributed by atoms with Gasteiger partial charge in [0.25, 0.3) is 0 Å². The Morgan fingerprint density at radius 1 is 1.31 bits per heavy atom. The molecule has 0 aliphatic rings. The summed E-state index contributed by atoms with van der Waals surface area (Å²) in [5.74, 6) is 1.23. The molecular formula is C12H16N2OS. The predicted octanol–water partition coefficient (Wildman–Crippen LogP) is 2.43. The van der Waals surface area contributed by atoms with Crippen LogP contribution in [0.15, 0.2) is 35.4 Å². The van der Waals surface area contributed by atoms with Crippen LogP contribution >= 0.6 is 11.8 Å². The average molecular weight is 236 g/mol. The maximum Gasteiger partial charge on any atom is 0.250 e. The number of carbonyl (C=O) groups is 1. The summed E-state index contributed by atoms with van der Waals surface area (Å²) in [6.45, 7) is 3.69. The van der Waals surface area contributed by atoms with Gasteiger partial charge in [-0.15, -0.1) is 11.8 Å². The number of hydrazone groups is 1. The van der Waals surface area contributed by atoms with Gasteiger partial charge in [-0.05, 0) is 19.4 Å². The Kier molecular flexibility index (Phi) is 5.64. The van der Waals surface area contributed by atoms with Crippen molar-refractivity contribution in [3.63, 3.8) is 0 Å². The van der Waals surface area contributed by atoms with Crippen molar-refractivity contribution < 1.29 is 4.79 Å². The zero-order valence-corrected chi connectivity index (χ0v) is 10.4. The maximum atomic E-state index is 11.3. The smallest absolute Gasteiger partial charge is 0.250 e. The number of nitrogens with one attached hydrogen (secondary N) is 1. The standard InChI is InChI=1S/C12H16N2OS/c1-10(2)13-14-12(15)9-16-8-11-6-4-3-5-7-11/h3-7H,8-9H2,1-2H3,(H,14,15). The number of nitrogens with zero attached hydrogens (tertiary/aromatic N) is 1. The monoisotopic (exact) mass is 236 g/mol. The van der Waals surface area contributed by atoms with E-state index >= 15 is 0 Å². The molecule has 1 aromatic rings. The highest BCUT2D eigenvalue weighted by Crippen LogP contribution is 2.10. The second-order valence-corrected chi connectivity index (χ2v) is 4.56. The first-order valence-electron chi connectivity index (χ1n) is 5.10. The molecule has 0 atom stereocenters. The van der Waals surface area contributed by atoms with E-state index in [4.69, 9.17) is 0 Å². The predicted molar refractivity (Wildman–Crippen MR) is 69.5 cm³/mol. The second-order valence-electron chi connectivity index (χ2n) is 3.57. The molecule has 0 aliphatic heterocycles. The van der Waals surface area contributed by atoms with Gasteiger partial charge in [0.1, 0.15) is 0 Å². The molecule has 0 fully saturated rings. The number of benzene rings is 1. The minimum absolute atomic E-state index is 0.0536. The van der Waals surface area contributed by atoms with Gasteiger partial charge >= 0.3 is 0 Å². The molecule has 0 saturated carbocycles. The molecule has 1 aromatic carbocycles. The first kappa shape index (κ1) is 12.8. The number of amides is 1. The molecule has 1 amide bonds. The van der Waals surface area contributed by atoms with E-state index in [1.165, 1.54) is 5.56 Å². The molecule has 16 heavy (non-hydrogen) atoms. The van der Waals surface area contributed by atoms with E-state index in [1.807, 2.05) is 32.0 Å². The Bertz CT molecular complexity index is 359. The van der Waals surface area contributed by atoms with Crippen LogP contribution in [0.5, 0.6) is 0 Å². The lowest BCUT2D eigenvalue weighted by Crippen LogP contribution is -2.20. The van der Waals surface area contributed by atoms with Crippen LogP contribution in [-0.2, 0) is 10.5 Å². The number of hydrogen-bond acceptors (Lipinski definition) is 3. The number of rotatable bonds is 5. The fourth-order valence-electron chi connectivity index (χ4n) is 1.04. The second kappa shape index (κ2) is 7.06. The van der Waals surface area contributed by atoms with Gasteiger partial charge in [0, 0.05) is 11.5 Å². The van der Waals surface area contributed by atoms with Crippen LogP contribution in [-0.4, -0.2) is 17.4 Å². The highest BCUT2D eigenvalue weighted by atomic mass is 32.2. The minimum Gasteiger partial charge on any atom is -0.272 e. The third-order valence-electron chi connectivity index (χ3n) is 1.75. The van der Waals surface area contributed by atoms with Crippen molar-refractivity contribution in [3.8, 4) is 0 Å². The molecule has 0 saturated heterocycles. The molecule has 0 spiro atoms. The number of thioether (sulfide) groups is 1. The van der Waals surface area contributed by atoms with Crippen molar-refractivity contribution >= 4 is 23.4 Å². The largest absolute Gasteiger partial charge is 0.272 e. The fourth-order valence-corrected chi connectivity index (χ4v) is 1.82. The van der Waals surface area contributed by atoms with Crippen LogP contribution in [0.2, 0.25) is 0 Å². The summed E-state index contributed by atoms with van der Waals surface area (Å²) in [4.78, 5) is 11.3. The summed E-state index contributed by atoms with van der Waals surface area (Å²) in [5, 5.41) is 3.85. The van der Waals surface area contributed by atoms with Gasteiger partial charge in [-0.25, -0.2) is 5.43 Å².